The lowest BCUT2D eigenvalue weighted by Crippen LogP contribution is -2.42. The van der Waals surface area contributed by atoms with Gasteiger partial charge in [-0.25, -0.2) is 17.8 Å². The van der Waals surface area contributed by atoms with E-state index in [2.05, 4.69) is 16.0 Å². The average Bonchev–Trinajstić information content (AvgIpc) is 3.11. The quantitative estimate of drug-likeness (QED) is 0.400. The summed E-state index contributed by atoms with van der Waals surface area (Å²) >= 11 is 0. The Kier molecular flexibility index (Phi) is 6.08. The highest BCUT2D eigenvalue weighted by atomic mass is 32.2. The fourth-order valence-electron chi connectivity index (χ4n) is 3.54. The largest absolute Gasteiger partial charge is 0.404 e. The molecular weight excluding hydrogens is 486 g/mol. The number of benzene rings is 1. The first-order valence-corrected chi connectivity index (χ1v) is 11.6. The maximum Gasteiger partial charge on any atom is 0.404 e. The number of nitrogens with one attached hydrogen (secondary N) is 1. The number of hydrogen-bond acceptors (Lipinski definition) is 5. The molecule has 0 amide bonds. The van der Waals surface area contributed by atoms with E-state index in [0.29, 0.717) is 23.6 Å². The normalized spacial score (nSPS) is 13.1. The van der Waals surface area contributed by atoms with Gasteiger partial charge in [-0.1, -0.05) is 6.07 Å². The molecule has 1 aromatic carbocycles. The number of sulfonamides is 1. The van der Waals surface area contributed by atoms with Crippen LogP contribution < -0.4 is 4.72 Å². The standard InChI is InChI=1S/C23H17F4N5O2S/c1-13-8-18-19(10-28)21(32(22(18)30-11-13)16-5-3-4-15(24)9-16)20-7-6-17(12-29-20)35(33,34)31-14(2)23(25,26)27/h3-9,11-12,14,31H,1-2H3/t14-/m0/s1. The zero-order valence-electron chi connectivity index (χ0n) is 18.3. The average molecular weight is 503 g/mol. The summed E-state index contributed by atoms with van der Waals surface area (Å²) in [6.07, 6.45) is -2.28. The molecule has 0 bridgehead atoms. The Hall–Kier alpha value is -3.82. The van der Waals surface area contributed by atoms with Gasteiger partial charge < -0.3 is 0 Å². The lowest BCUT2D eigenvalue weighted by atomic mass is 10.1. The summed E-state index contributed by atoms with van der Waals surface area (Å²) in [6, 6.07) is 9.48. The Morgan fingerprint density at radius 1 is 1.11 bits per heavy atom. The lowest BCUT2D eigenvalue weighted by molar-refractivity contribution is -0.147. The highest BCUT2D eigenvalue weighted by Crippen LogP contribution is 2.35. The van der Waals surface area contributed by atoms with E-state index in [1.54, 1.807) is 30.0 Å². The van der Waals surface area contributed by atoms with Crippen molar-refractivity contribution in [3.63, 3.8) is 0 Å². The molecule has 0 unspecified atom stereocenters. The first-order valence-electron chi connectivity index (χ1n) is 10.1. The highest BCUT2D eigenvalue weighted by molar-refractivity contribution is 7.89. The molecule has 0 fully saturated rings. The van der Waals surface area contributed by atoms with Gasteiger partial charge in [-0.15, -0.1) is 0 Å². The third kappa shape index (κ3) is 4.60. The number of hydrogen-bond donors (Lipinski definition) is 1. The van der Waals surface area contributed by atoms with Crippen molar-refractivity contribution in [1.29, 1.82) is 5.26 Å². The molecule has 3 heterocycles. The van der Waals surface area contributed by atoms with Crippen molar-refractivity contribution in [2.75, 3.05) is 0 Å². The van der Waals surface area contributed by atoms with Crippen LogP contribution >= 0.6 is 0 Å². The Morgan fingerprint density at radius 2 is 1.86 bits per heavy atom. The molecule has 0 saturated heterocycles. The lowest BCUT2D eigenvalue weighted by Gasteiger charge is -2.17. The number of alkyl halides is 3. The number of fused-ring (bicyclic) bond motifs is 1. The fourth-order valence-corrected chi connectivity index (χ4v) is 4.71. The summed E-state index contributed by atoms with van der Waals surface area (Å²) in [5.41, 5.74) is 2.02. The third-order valence-corrected chi connectivity index (χ3v) is 6.76. The predicted octanol–water partition coefficient (Wildman–Crippen LogP) is 4.64. The molecule has 0 aliphatic rings. The Balaban J connectivity index is 1.89. The van der Waals surface area contributed by atoms with E-state index >= 15 is 0 Å². The van der Waals surface area contributed by atoms with Gasteiger partial charge in [0.15, 0.2) is 0 Å². The number of nitriles is 1. The Bertz CT molecular complexity index is 1570. The predicted molar refractivity (Wildman–Crippen MR) is 120 cm³/mol. The van der Waals surface area contributed by atoms with Crippen molar-refractivity contribution in [2.24, 2.45) is 0 Å². The topological polar surface area (TPSA) is 101 Å². The summed E-state index contributed by atoms with van der Waals surface area (Å²) in [6.45, 7) is 2.48. The second kappa shape index (κ2) is 8.75. The molecule has 0 aliphatic carbocycles. The Morgan fingerprint density at radius 3 is 2.46 bits per heavy atom. The van der Waals surface area contributed by atoms with Gasteiger partial charge in [0.1, 0.15) is 28.5 Å². The molecule has 4 aromatic rings. The van der Waals surface area contributed by atoms with Crippen LogP contribution in [0.3, 0.4) is 0 Å². The number of rotatable bonds is 5. The first-order chi connectivity index (χ1) is 16.4. The summed E-state index contributed by atoms with van der Waals surface area (Å²) in [4.78, 5) is 8.04. The molecule has 7 nitrogen and oxygen atoms in total. The molecule has 0 radical (unpaired) electrons. The molecular formula is C23H17F4N5O2S. The molecule has 4 rings (SSSR count). The van der Waals surface area contributed by atoms with Gasteiger partial charge in [0.25, 0.3) is 0 Å². The molecule has 180 valence electrons. The molecule has 0 aliphatic heterocycles. The van der Waals surface area contributed by atoms with Crippen LogP contribution in [0.5, 0.6) is 0 Å². The van der Waals surface area contributed by atoms with Crippen molar-refractivity contribution in [1.82, 2.24) is 19.3 Å². The second-order valence-electron chi connectivity index (χ2n) is 7.80. The van der Waals surface area contributed by atoms with Crippen LogP contribution in [0, 0.1) is 24.1 Å². The van der Waals surface area contributed by atoms with Crippen molar-refractivity contribution >= 4 is 21.1 Å². The van der Waals surface area contributed by atoms with E-state index in [4.69, 9.17) is 0 Å². The SMILES string of the molecule is Cc1cnc2c(c1)c(C#N)c(-c1ccc(S(=O)(=O)N[C@@H](C)C(F)(F)F)cn1)n2-c1cccc(F)c1. The second-order valence-corrected chi connectivity index (χ2v) is 9.51. The van der Waals surface area contributed by atoms with E-state index in [1.807, 2.05) is 0 Å². The van der Waals surface area contributed by atoms with E-state index in [-0.39, 0.29) is 17.0 Å². The summed E-state index contributed by atoms with van der Waals surface area (Å²) in [7, 11) is -4.52. The number of aryl methyl sites for hydroxylation is 1. The van der Waals surface area contributed by atoms with Gasteiger partial charge in [0.2, 0.25) is 10.0 Å². The van der Waals surface area contributed by atoms with E-state index < -0.39 is 33.0 Å². The van der Waals surface area contributed by atoms with Crippen LogP contribution in [-0.2, 0) is 10.0 Å². The number of pyridine rings is 2. The minimum Gasteiger partial charge on any atom is -0.291 e. The van der Waals surface area contributed by atoms with Crippen LogP contribution in [0.25, 0.3) is 28.1 Å². The van der Waals surface area contributed by atoms with Crippen LogP contribution in [-0.4, -0.2) is 35.2 Å². The first kappa shape index (κ1) is 24.3. The smallest absolute Gasteiger partial charge is 0.291 e. The summed E-state index contributed by atoms with van der Waals surface area (Å²) in [5.74, 6) is -0.528. The zero-order chi connectivity index (χ0) is 25.5. The van der Waals surface area contributed by atoms with E-state index in [0.717, 1.165) is 17.8 Å². The Labute approximate surface area is 197 Å². The van der Waals surface area contributed by atoms with Gasteiger partial charge in [-0.3, -0.25) is 9.55 Å². The maximum atomic E-state index is 14.0. The fraction of sp³-hybridized carbons (Fsp3) is 0.174. The van der Waals surface area contributed by atoms with Gasteiger partial charge in [-0.05, 0) is 55.8 Å². The van der Waals surface area contributed by atoms with Crippen molar-refractivity contribution in [3.8, 4) is 23.1 Å². The van der Waals surface area contributed by atoms with Crippen molar-refractivity contribution in [2.45, 2.75) is 31.0 Å². The number of nitrogens with zero attached hydrogens (tertiary/aromatic N) is 4. The number of aromatic nitrogens is 3. The van der Waals surface area contributed by atoms with Gasteiger partial charge in [0.05, 0.1) is 22.6 Å². The molecule has 1 N–H and O–H groups in total. The van der Waals surface area contributed by atoms with E-state index in [1.165, 1.54) is 28.8 Å². The van der Waals surface area contributed by atoms with Crippen molar-refractivity contribution in [3.05, 3.63) is 71.8 Å². The third-order valence-electron chi connectivity index (χ3n) is 5.24. The van der Waals surface area contributed by atoms with Crippen LogP contribution in [0.4, 0.5) is 17.6 Å². The maximum absolute atomic E-state index is 14.0. The molecule has 0 spiro atoms. The van der Waals surface area contributed by atoms with Crippen molar-refractivity contribution < 1.29 is 26.0 Å². The molecule has 3 aromatic heterocycles. The van der Waals surface area contributed by atoms with E-state index in [9.17, 15) is 31.2 Å². The molecule has 12 heteroatoms. The molecule has 1 atom stereocenters. The summed E-state index contributed by atoms with van der Waals surface area (Å²) < 4.78 is 80.4. The van der Waals surface area contributed by atoms with Crippen LogP contribution in [0.1, 0.15) is 18.1 Å². The zero-order valence-corrected chi connectivity index (χ0v) is 19.1. The van der Waals surface area contributed by atoms with Gasteiger partial charge in [-0.2, -0.15) is 23.2 Å². The minimum atomic E-state index is -4.76. The summed E-state index contributed by atoms with van der Waals surface area (Å²) in [5, 5.41) is 10.4. The van der Waals surface area contributed by atoms with Gasteiger partial charge in [0, 0.05) is 17.8 Å². The number of halogens is 4. The molecule has 35 heavy (non-hydrogen) atoms. The minimum absolute atomic E-state index is 0.143. The van der Waals surface area contributed by atoms with Crippen LogP contribution in [0.2, 0.25) is 0 Å². The molecule has 0 saturated carbocycles. The van der Waals surface area contributed by atoms with Crippen LogP contribution in [0.15, 0.2) is 59.8 Å². The van der Waals surface area contributed by atoms with Gasteiger partial charge >= 0.3 is 6.18 Å². The monoisotopic (exact) mass is 503 g/mol. The highest BCUT2D eigenvalue weighted by Gasteiger charge is 2.39.